The second-order valence-corrected chi connectivity index (χ2v) is 27.4. The number of benzene rings is 3. The number of ether oxygens (including phenoxy) is 3. The third-order valence-corrected chi connectivity index (χ3v) is 19.8. The molecule has 34 nitrogen and oxygen atoms in total. The monoisotopic (exact) mass is 1490 g/mol. The highest BCUT2D eigenvalue weighted by atomic mass is 32.2. The van der Waals surface area contributed by atoms with Crippen LogP contribution < -0.4 is 41.0 Å². The summed E-state index contributed by atoms with van der Waals surface area (Å²) in [7, 11) is 1.72. The smallest absolute Gasteiger partial charge is 0.407 e. The summed E-state index contributed by atoms with van der Waals surface area (Å²) >= 11 is 1.45. The van der Waals surface area contributed by atoms with Crippen molar-refractivity contribution in [1.29, 1.82) is 0 Å². The van der Waals surface area contributed by atoms with Crippen molar-refractivity contribution in [1.82, 2.24) is 56.3 Å². The van der Waals surface area contributed by atoms with Gasteiger partial charge < -0.3 is 101 Å². The largest absolute Gasteiger partial charge is 0.504 e. The number of carbonyl (C=O) groups is 8. The number of methoxy groups -OCH3 is 1. The third kappa shape index (κ3) is 20.9. The summed E-state index contributed by atoms with van der Waals surface area (Å²) in [6, 6.07) is 6.36. The van der Waals surface area contributed by atoms with Crippen LogP contribution in [0.1, 0.15) is 87.6 Å². The van der Waals surface area contributed by atoms with Gasteiger partial charge in [-0.2, -0.15) is 5.10 Å². The van der Waals surface area contributed by atoms with Crippen LogP contribution in [0, 0.1) is 5.92 Å². The molecule has 5 aromatic rings. The minimum Gasteiger partial charge on any atom is -0.504 e. The van der Waals surface area contributed by atoms with E-state index in [-0.39, 0.29) is 48.5 Å². The van der Waals surface area contributed by atoms with Crippen molar-refractivity contribution in [3.05, 3.63) is 96.7 Å². The maximum atomic E-state index is 15.0. The zero-order chi connectivity index (χ0) is 74.7. The fourth-order valence-electron chi connectivity index (χ4n) is 12.8. The number of amides is 8. The van der Waals surface area contributed by atoms with Gasteiger partial charge in [0, 0.05) is 107 Å². The molecule has 14 N–H and O–H groups in total. The van der Waals surface area contributed by atoms with Crippen molar-refractivity contribution < 1.29 is 107 Å². The Kier molecular flexibility index (Phi) is 29.0. The van der Waals surface area contributed by atoms with E-state index in [9.17, 15) is 69.3 Å². The van der Waals surface area contributed by atoms with Gasteiger partial charge in [-0.15, -0.1) is 0 Å². The summed E-state index contributed by atoms with van der Waals surface area (Å²) in [5, 5.41) is 112. The first-order valence-electron chi connectivity index (χ1n) is 34.2. The van der Waals surface area contributed by atoms with Gasteiger partial charge in [-0.05, 0) is 93.1 Å². The summed E-state index contributed by atoms with van der Waals surface area (Å²) in [6.45, 7) is 7.14. The lowest BCUT2D eigenvalue weighted by atomic mass is 9.98. The van der Waals surface area contributed by atoms with E-state index in [2.05, 4.69) is 64.9 Å². The van der Waals surface area contributed by atoms with Crippen molar-refractivity contribution in [2.24, 2.45) is 5.92 Å². The molecule has 6 heterocycles. The number of phenolic OH excluding ortho intramolecular Hbond substituents is 1. The van der Waals surface area contributed by atoms with E-state index in [0.29, 0.717) is 16.2 Å². The summed E-state index contributed by atoms with van der Waals surface area (Å²) in [5.74, 6) is -9.74. The number of hydrogen-bond acceptors (Lipinski definition) is 27. The van der Waals surface area contributed by atoms with Gasteiger partial charge in [0.1, 0.15) is 47.9 Å². The van der Waals surface area contributed by atoms with E-state index in [1.165, 1.54) is 42.5 Å². The number of alkyl carbamates (subject to hydrolysis) is 1. The number of β-amino-alcohol motifs (C(OH)–C–C–N with tert-alkyl or cyclic N) is 1. The number of hydrogen-bond donors (Lipinski definition) is 14. The van der Waals surface area contributed by atoms with Crippen molar-refractivity contribution in [3.63, 3.8) is 0 Å². The average molecular weight is 1490 g/mol. The molecule has 4 fully saturated rings. The average Bonchev–Trinajstić information content (AvgIpc) is 1.62. The van der Waals surface area contributed by atoms with E-state index >= 15 is 4.79 Å². The number of imidazole rings is 1. The Labute approximate surface area is 606 Å². The molecule has 0 aliphatic carbocycles. The molecule has 13 atom stereocenters. The number of phenols is 1. The van der Waals surface area contributed by atoms with Crippen LogP contribution in [0.5, 0.6) is 11.5 Å². The van der Waals surface area contributed by atoms with Gasteiger partial charge in [0.05, 0.1) is 54.6 Å². The Hall–Kier alpha value is -8.63. The molecule has 4 aliphatic heterocycles. The molecule has 2 aromatic heterocycles. The van der Waals surface area contributed by atoms with Gasteiger partial charge in [0.25, 0.3) is 18.2 Å². The maximum absolute atomic E-state index is 15.0. The standard InChI is InChI=1S/C68H90N12O22S2/c1-5-26-99-68(95)69-23-20-51(85)56-66(94)79-34-37(2)58(87)57(79)63(92)70-33-44(82)31-47(60(89)73-54(38(3)81)65(93)78-35-45(83)32-49(78)61(90)74-55(62(91)75-56)52(86)29-39-10-19-50(84)53(30-39)100-104-102-101-96)71-59(88)41-13-11-40(12-14-41)48-36-80-67(72-48)103-64(76-80)42-15-17-43(18-16-42)77-24-21-46(22-25-77)98-28-9-7-6-8-27-97-4/h5,10-19,30,36-38,44-47,49,51-52,54-58,81-87,96H,1,6-9,20-29,31-35H2,2-4H3,(H,69,95)(H,70,92)(H,71,88)(H,73,89)(H,74,90)(H,75,91)/t37-,38+,44+,45-,47+,49+,51-,52-,54+,55+,56+,57+,58+/m1/s1. The van der Waals surface area contributed by atoms with Crippen LogP contribution in [0.15, 0.2) is 85.6 Å². The SMILES string of the molecule is C=CCOC(=O)NCC[C@@H](O)[C@@H]1NC(=O)[C@H]([C@H](O)Cc2ccc(O)c(OSOOO)c2)NC(=O)[C@@H]2C[C@@H](O)CN2C(=O)[C@H]([C@H](C)O)NC(=O)[C@@H](NC(=O)c2ccc(-c3cn4nc(-c5ccc(N6CCC(OCCCCCCOC)CC6)cc5)sc4n3)cc2)C[C@H](O)CNC(=O)[C@@H]2[C@@H](O)[C@H](C)CN2C1=O. The quantitative estimate of drug-likeness (QED) is 0.0113. The van der Waals surface area contributed by atoms with Crippen molar-refractivity contribution in [3.8, 4) is 33.3 Å². The molecule has 4 aliphatic rings. The molecule has 104 heavy (non-hydrogen) atoms. The van der Waals surface area contributed by atoms with Gasteiger partial charge >= 0.3 is 6.09 Å². The lowest BCUT2D eigenvalue weighted by Gasteiger charge is -2.34. The van der Waals surface area contributed by atoms with Gasteiger partial charge in [0.15, 0.2) is 11.5 Å². The van der Waals surface area contributed by atoms with Crippen molar-refractivity contribution in [2.75, 3.05) is 71.1 Å². The minimum absolute atomic E-state index is 0.00871. The van der Waals surface area contributed by atoms with Gasteiger partial charge in [-0.1, -0.05) is 71.3 Å². The van der Waals surface area contributed by atoms with E-state index in [4.69, 9.17) is 33.7 Å². The van der Waals surface area contributed by atoms with E-state index in [1.807, 2.05) is 12.1 Å². The summed E-state index contributed by atoms with van der Waals surface area (Å²) < 4.78 is 27.3. The Bertz CT molecular complexity index is 3720. The Balaban J connectivity index is 0.939. The number of aromatic hydroxyl groups is 1. The first-order chi connectivity index (χ1) is 49.9. The second-order valence-electron chi connectivity index (χ2n) is 26.0. The Morgan fingerprint density at radius 2 is 1.50 bits per heavy atom. The van der Waals surface area contributed by atoms with Gasteiger partial charge in [-0.3, -0.25) is 33.6 Å². The van der Waals surface area contributed by atoms with Crippen molar-refractivity contribution in [2.45, 2.75) is 157 Å². The molecule has 0 saturated carbocycles. The summed E-state index contributed by atoms with van der Waals surface area (Å²) in [6.07, 6.45) is -4.33. The molecule has 4 saturated heterocycles. The number of unbranched alkanes of at least 4 members (excludes halogenated alkanes) is 3. The number of aliphatic hydroxyl groups excluding tert-OH is 6. The van der Waals surface area contributed by atoms with E-state index < -0.39 is 177 Å². The number of aliphatic hydroxyl groups is 6. The van der Waals surface area contributed by atoms with Crippen LogP contribution in [-0.4, -0.2) is 258 Å². The molecule has 8 amide bonds. The molecule has 9 rings (SSSR count). The van der Waals surface area contributed by atoms with Gasteiger partial charge in [-0.25, -0.2) is 19.6 Å². The minimum atomic E-state index is -2.18. The molecule has 36 heteroatoms. The molecule has 0 unspecified atom stereocenters. The fraction of sp³-hybridized carbons (Fsp3) is 0.529. The highest BCUT2D eigenvalue weighted by molar-refractivity contribution is 7.90. The second kappa shape index (κ2) is 37.9. The molecule has 566 valence electrons. The molecule has 0 radical (unpaired) electrons. The summed E-state index contributed by atoms with van der Waals surface area (Å²) in [4.78, 5) is 125. The molecule has 0 bridgehead atoms. The zero-order valence-electron chi connectivity index (χ0n) is 57.5. The number of piperidine rings is 1. The predicted octanol–water partition coefficient (Wildman–Crippen LogP) is 0.637. The highest BCUT2D eigenvalue weighted by Crippen LogP contribution is 2.34. The lowest BCUT2D eigenvalue weighted by molar-refractivity contribution is -0.433. The topological polar surface area (TPSA) is 466 Å². The van der Waals surface area contributed by atoms with E-state index in [0.717, 1.165) is 110 Å². The zero-order valence-corrected chi connectivity index (χ0v) is 59.2. The molecule has 3 aromatic carbocycles. The fourth-order valence-corrected chi connectivity index (χ4v) is 14.0. The summed E-state index contributed by atoms with van der Waals surface area (Å²) in [5.41, 5.74) is 3.25. The van der Waals surface area contributed by atoms with Crippen LogP contribution >= 0.6 is 23.7 Å². The predicted molar refractivity (Wildman–Crippen MR) is 373 cm³/mol. The van der Waals surface area contributed by atoms with Crippen LogP contribution in [0.2, 0.25) is 0 Å². The van der Waals surface area contributed by atoms with Crippen LogP contribution in [0.4, 0.5) is 10.5 Å². The first kappa shape index (κ1) is 79.5. The number of anilines is 1. The Morgan fingerprint density at radius 3 is 2.19 bits per heavy atom. The van der Waals surface area contributed by atoms with Gasteiger partial charge in [0.2, 0.25) is 40.4 Å². The van der Waals surface area contributed by atoms with Crippen molar-refractivity contribution >= 4 is 81.8 Å². The van der Waals surface area contributed by atoms with E-state index in [1.54, 1.807) is 30.0 Å². The van der Waals surface area contributed by atoms with Crippen LogP contribution in [-0.2, 0) is 58.8 Å². The Morgan fingerprint density at radius 1 is 0.808 bits per heavy atom. The number of nitrogens with zero attached hydrogens (tertiary/aromatic N) is 6. The molecular formula is C68H90N12O22S2. The normalized spacial score (nSPS) is 24.3. The highest BCUT2D eigenvalue weighted by Gasteiger charge is 2.50. The maximum Gasteiger partial charge on any atom is 0.407 e. The van der Waals surface area contributed by atoms with Crippen LogP contribution in [0.3, 0.4) is 0 Å². The number of nitrogens with one attached hydrogen (secondary N) is 6. The number of fused-ring (bicyclic) bond motifs is 3. The number of carbonyl (C=O) groups excluding carboxylic acids is 8. The first-order valence-corrected chi connectivity index (χ1v) is 35.7. The number of rotatable bonds is 27. The third-order valence-electron chi connectivity index (χ3n) is 18.4. The van der Waals surface area contributed by atoms with Crippen LogP contribution in [0.25, 0.3) is 26.8 Å². The lowest BCUT2D eigenvalue weighted by Crippen LogP contribution is -2.64. The molecule has 0 spiro atoms. The number of aromatic nitrogens is 3. The molecular weight excluding hydrogens is 1400 g/mol.